The highest BCUT2D eigenvalue weighted by Crippen LogP contribution is 2.44. The van der Waals surface area contributed by atoms with E-state index in [1.54, 1.807) is 0 Å². The van der Waals surface area contributed by atoms with Crippen LogP contribution >= 0.6 is 0 Å². The highest BCUT2D eigenvalue weighted by atomic mass is 16.5. The van der Waals surface area contributed by atoms with Gasteiger partial charge in [-0.3, -0.25) is 4.79 Å². The van der Waals surface area contributed by atoms with Gasteiger partial charge in [-0.2, -0.15) is 0 Å². The summed E-state index contributed by atoms with van der Waals surface area (Å²) < 4.78 is 11.4. The molecule has 96 valence electrons. The molecule has 3 aliphatic rings. The van der Waals surface area contributed by atoms with Crippen LogP contribution in [-0.2, 0) is 14.3 Å². The maximum atomic E-state index is 12.2. The predicted octanol–water partition coefficient (Wildman–Crippen LogP) is 2.47. The lowest BCUT2D eigenvalue weighted by Gasteiger charge is -2.47. The van der Waals surface area contributed by atoms with E-state index in [4.69, 9.17) is 9.47 Å². The first-order valence-corrected chi connectivity index (χ1v) is 7.06. The summed E-state index contributed by atoms with van der Waals surface area (Å²) in [7, 11) is 0. The fraction of sp³-hybridized carbons (Fsp3) is 0.929. The molecular weight excluding hydrogens is 216 g/mol. The zero-order chi connectivity index (χ0) is 11.7. The summed E-state index contributed by atoms with van der Waals surface area (Å²) in [6.45, 7) is 1.62. The van der Waals surface area contributed by atoms with Gasteiger partial charge in [0.2, 0.25) is 0 Å². The van der Waals surface area contributed by atoms with Crippen molar-refractivity contribution in [3.8, 4) is 0 Å². The molecule has 3 heteroatoms. The molecule has 1 spiro atoms. The quantitative estimate of drug-likeness (QED) is 0.757. The number of hydrogen-bond donors (Lipinski definition) is 0. The molecule has 2 heterocycles. The Labute approximate surface area is 103 Å². The molecule has 0 radical (unpaired) electrons. The first-order chi connectivity index (χ1) is 8.27. The van der Waals surface area contributed by atoms with Crippen LogP contribution in [-0.4, -0.2) is 30.7 Å². The van der Waals surface area contributed by atoms with Crippen molar-refractivity contribution < 1.29 is 14.3 Å². The predicted molar refractivity (Wildman–Crippen MR) is 63.9 cm³/mol. The highest BCUT2D eigenvalue weighted by Gasteiger charge is 2.44. The first kappa shape index (κ1) is 11.7. The van der Waals surface area contributed by atoms with Crippen molar-refractivity contribution in [2.45, 2.75) is 63.1 Å². The average Bonchev–Trinajstić information content (AvgIpc) is 2.80. The monoisotopic (exact) mass is 238 g/mol. The number of ether oxygens (including phenoxy) is 2. The molecule has 0 aromatic rings. The third-order valence-corrected chi connectivity index (χ3v) is 4.67. The van der Waals surface area contributed by atoms with Gasteiger partial charge < -0.3 is 9.47 Å². The lowest BCUT2D eigenvalue weighted by molar-refractivity contribution is -0.156. The molecule has 2 atom stereocenters. The molecule has 0 bridgehead atoms. The molecular formula is C14H22O3. The Balaban J connectivity index is 1.53. The Hall–Kier alpha value is -0.410. The Morgan fingerprint density at radius 2 is 2.06 bits per heavy atom. The third kappa shape index (κ3) is 2.41. The van der Waals surface area contributed by atoms with E-state index >= 15 is 0 Å². The minimum Gasteiger partial charge on any atom is -0.378 e. The first-order valence-electron chi connectivity index (χ1n) is 7.06. The third-order valence-electron chi connectivity index (χ3n) is 4.67. The van der Waals surface area contributed by atoms with Crippen LogP contribution in [0.15, 0.2) is 0 Å². The van der Waals surface area contributed by atoms with E-state index in [9.17, 15) is 4.79 Å². The topological polar surface area (TPSA) is 35.5 Å². The molecule has 3 nitrogen and oxygen atoms in total. The summed E-state index contributed by atoms with van der Waals surface area (Å²) >= 11 is 0. The summed E-state index contributed by atoms with van der Waals surface area (Å²) in [6, 6.07) is 0. The van der Waals surface area contributed by atoms with Crippen LogP contribution in [0.4, 0.5) is 0 Å². The van der Waals surface area contributed by atoms with Gasteiger partial charge in [-0.25, -0.2) is 0 Å². The summed E-state index contributed by atoms with van der Waals surface area (Å²) in [6.07, 6.45) is 8.53. The van der Waals surface area contributed by atoms with E-state index in [1.165, 1.54) is 6.42 Å². The summed E-state index contributed by atoms with van der Waals surface area (Å²) in [5.41, 5.74) is 0.0924. The molecule has 2 aliphatic heterocycles. The van der Waals surface area contributed by atoms with Crippen LogP contribution in [0, 0.1) is 5.92 Å². The maximum Gasteiger partial charge on any atom is 0.138 e. The summed E-state index contributed by atoms with van der Waals surface area (Å²) in [5.74, 6) is 0.666. The molecule has 2 unspecified atom stereocenters. The minimum atomic E-state index is 0.0924. The van der Waals surface area contributed by atoms with Crippen molar-refractivity contribution in [1.29, 1.82) is 0 Å². The Morgan fingerprint density at radius 1 is 1.18 bits per heavy atom. The van der Waals surface area contributed by atoms with Gasteiger partial charge >= 0.3 is 0 Å². The lowest BCUT2D eigenvalue weighted by atomic mass is 9.71. The molecule has 3 fully saturated rings. The number of carbonyl (C=O) groups excluding carboxylic acids is 1. The van der Waals surface area contributed by atoms with Crippen LogP contribution in [0.1, 0.15) is 51.4 Å². The second kappa shape index (κ2) is 4.69. The van der Waals surface area contributed by atoms with Gasteiger partial charge in [0.15, 0.2) is 0 Å². The number of carbonyl (C=O) groups is 1. The Bertz CT molecular complexity index is 290. The van der Waals surface area contributed by atoms with Crippen molar-refractivity contribution >= 4 is 5.78 Å². The van der Waals surface area contributed by atoms with Crippen molar-refractivity contribution in [2.75, 3.05) is 13.2 Å². The molecule has 2 saturated heterocycles. The van der Waals surface area contributed by atoms with E-state index in [0.717, 1.165) is 51.7 Å². The largest absolute Gasteiger partial charge is 0.378 e. The molecule has 3 rings (SSSR count). The van der Waals surface area contributed by atoms with Crippen molar-refractivity contribution in [3.63, 3.8) is 0 Å². The van der Waals surface area contributed by atoms with E-state index in [2.05, 4.69) is 0 Å². The maximum absolute atomic E-state index is 12.2. The van der Waals surface area contributed by atoms with Crippen molar-refractivity contribution in [1.82, 2.24) is 0 Å². The standard InChI is InChI=1S/C14H22O3/c15-13(9-12-3-1-7-16-12)11-4-8-17-14(10-11)5-2-6-14/h11-12H,1-10H2. The molecule has 0 aromatic carbocycles. The normalized spacial score (nSPS) is 35.8. The number of rotatable bonds is 3. The van der Waals surface area contributed by atoms with E-state index in [-0.39, 0.29) is 17.6 Å². The van der Waals surface area contributed by atoms with E-state index in [0.29, 0.717) is 12.2 Å². The van der Waals surface area contributed by atoms with Gasteiger partial charge in [0.05, 0.1) is 11.7 Å². The highest BCUT2D eigenvalue weighted by molar-refractivity contribution is 5.81. The summed E-state index contributed by atoms with van der Waals surface area (Å²) in [5, 5.41) is 0. The van der Waals surface area contributed by atoms with Crippen LogP contribution in [0.3, 0.4) is 0 Å². The fourth-order valence-corrected chi connectivity index (χ4v) is 3.42. The SMILES string of the molecule is O=C(CC1CCCO1)C1CCOC2(CCC2)C1. The second-order valence-corrected chi connectivity index (χ2v) is 5.88. The van der Waals surface area contributed by atoms with Crippen LogP contribution in [0.2, 0.25) is 0 Å². The van der Waals surface area contributed by atoms with E-state index in [1.807, 2.05) is 0 Å². The Kier molecular flexibility index (Phi) is 3.22. The zero-order valence-electron chi connectivity index (χ0n) is 10.5. The molecule has 1 aliphatic carbocycles. The smallest absolute Gasteiger partial charge is 0.138 e. The molecule has 0 aromatic heterocycles. The number of ketones is 1. The molecule has 0 N–H and O–H groups in total. The van der Waals surface area contributed by atoms with Crippen molar-refractivity contribution in [2.24, 2.45) is 5.92 Å². The van der Waals surface area contributed by atoms with Gasteiger partial charge in [-0.1, -0.05) is 0 Å². The average molecular weight is 238 g/mol. The van der Waals surface area contributed by atoms with Gasteiger partial charge in [0.1, 0.15) is 5.78 Å². The van der Waals surface area contributed by atoms with Crippen LogP contribution < -0.4 is 0 Å². The van der Waals surface area contributed by atoms with Crippen molar-refractivity contribution in [3.05, 3.63) is 0 Å². The second-order valence-electron chi connectivity index (χ2n) is 5.88. The number of hydrogen-bond acceptors (Lipinski definition) is 3. The molecule has 1 saturated carbocycles. The summed E-state index contributed by atoms with van der Waals surface area (Å²) in [4.78, 5) is 12.2. The van der Waals surface area contributed by atoms with Gasteiger partial charge in [0, 0.05) is 25.6 Å². The zero-order valence-corrected chi connectivity index (χ0v) is 10.5. The van der Waals surface area contributed by atoms with Gasteiger partial charge in [0.25, 0.3) is 0 Å². The lowest BCUT2D eigenvalue weighted by Crippen LogP contribution is -2.47. The van der Waals surface area contributed by atoms with Gasteiger partial charge in [-0.05, 0) is 44.9 Å². The molecule has 0 amide bonds. The fourth-order valence-electron chi connectivity index (χ4n) is 3.42. The number of Topliss-reactive ketones (excluding diaryl/α,β-unsaturated/α-hetero) is 1. The van der Waals surface area contributed by atoms with E-state index < -0.39 is 0 Å². The van der Waals surface area contributed by atoms with Crippen LogP contribution in [0.25, 0.3) is 0 Å². The van der Waals surface area contributed by atoms with Gasteiger partial charge in [-0.15, -0.1) is 0 Å². The minimum absolute atomic E-state index is 0.0924. The molecule has 17 heavy (non-hydrogen) atoms. The van der Waals surface area contributed by atoms with Crippen LogP contribution in [0.5, 0.6) is 0 Å². The Morgan fingerprint density at radius 3 is 2.71 bits per heavy atom.